The van der Waals surface area contributed by atoms with Gasteiger partial charge in [-0.25, -0.2) is 0 Å². The Morgan fingerprint density at radius 2 is 1.79 bits per heavy atom. The van der Waals surface area contributed by atoms with Gasteiger partial charge in [0, 0.05) is 11.7 Å². The van der Waals surface area contributed by atoms with Crippen molar-refractivity contribution in [1.82, 2.24) is 10.2 Å². The second-order valence-corrected chi connectivity index (χ2v) is 11.2. The van der Waals surface area contributed by atoms with E-state index in [1.807, 2.05) is 58.0 Å². The minimum absolute atomic E-state index is 0.165. The Morgan fingerprint density at radius 1 is 1.10 bits per heavy atom. The summed E-state index contributed by atoms with van der Waals surface area (Å²) in [6.45, 7) is 7.64. The number of hydrogen-bond acceptors (Lipinski definition) is 6. The van der Waals surface area contributed by atoms with Crippen molar-refractivity contribution in [3.05, 3.63) is 60.2 Å². The molecule has 6 atom stereocenters. The molecule has 2 aromatic rings. The highest BCUT2D eigenvalue weighted by Gasteiger charge is 2.78. The zero-order valence-electron chi connectivity index (χ0n) is 22.8. The van der Waals surface area contributed by atoms with Crippen molar-refractivity contribution >= 4 is 23.4 Å². The number of aliphatic hydroxyl groups excluding tert-OH is 1. The van der Waals surface area contributed by atoms with E-state index < -0.39 is 35.1 Å². The third-order valence-corrected chi connectivity index (χ3v) is 8.30. The molecule has 2 unspecified atom stereocenters. The number of amides is 3. The van der Waals surface area contributed by atoms with Crippen LogP contribution in [0.5, 0.6) is 5.75 Å². The second-order valence-electron chi connectivity index (χ2n) is 11.2. The van der Waals surface area contributed by atoms with Crippen LogP contribution in [0, 0.1) is 11.8 Å². The van der Waals surface area contributed by atoms with Crippen LogP contribution in [0.15, 0.2) is 54.6 Å². The molecule has 3 fully saturated rings. The van der Waals surface area contributed by atoms with Crippen molar-refractivity contribution in [3.8, 4) is 5.75 Å². The number of rotatable bonds is 9. The maximum Gasteiger partial charge on any atom is 0.246 e. The first-order valence-corrected chi connectivity index (χ1v) is 13.7. The van der Waals surface area contributed by atoms with Crippen LogP contribution >= 0.6 is 0 Å². The number of aliphatic hydroxyl groups is 1. The SMILES string of the molecule is CCOc1ccc(NC(=O)[C@@H]2[C@H]3C(=O)N([C@H](CO)c4ccccc4)C(C(=O)NC(C)C)C34CC[C@@]2(C)O4)cc1. The monoisotopic (exact) mass is 535 g/mol. The van der Waals surface area contributed by atoms with Crippen LogP contribution in [-0.4, -0.2) is 64.2 Å². The molecule has 2 bridgehead atoms. The maximum atomic E-state index is 14.3. The van der Waals surface area contributed by atoms with E-state index >= 15 is 0 Å². The average molecular weight is 536 g/mol. The highest BCUT2D eigenvalue weighted by atomic mass is 16.5. The number of carbonyl (C=O) groups excluding carboxylic acids is 3. The van der Waals surface area contributed by atoms with E-state index in [0.717, 1.165) is 0 Å². The summed E-state index contributed by atoms with van der Waals surface area (Å²) in [5, 5.41) is 16.4. The molecule has 9 heteroatoms. The Labute approximate surface area is 228 Å². The van der Waals surface area contributed by atoms with Crippen molar-refractivity contribution in [1.29, 1.82) is 0 Å². The summed E-state index contributed by atoms with van der Waals surface area (Å²) in [5.41, 5.74) is -0.783. The molecule has 3 heterocycles. The maximum absolute atomic E-state index is 14.3. The summed E-state index contributed by atoms with van der Waals surface area (Å²) in [6, 6.07) is 14.3. The number of anilines is 1. The zero-order valence-corrected chi connectivity index (χ0v) is 22.8. The molecule has 9 nitrogen and oxygen atoms in total. The summed E-state index contributed by atoms with van der Waals surface area (Å²) < 4.78 is 12.1. The van der Waals surface area contributed by atoms with E-state index in [0.29, 0.717) is 36.4 Å². The predicted octanol–water partition coefficient (Wildman–Crippen LogP) is 3.05. The largest absolute Gasteiger partial charge is 0.494 e. The van der Waals surface area contributed by atoms with E-state index in [9.17, 15) is 19.5 Å². The molecule has 0 radical (unpaired) electrons. The Balaban J connectivity index is 1.53. The lowest BCUT2D eigenvalue weighted by atomic mass is 9.66. The van der Waals surface area contributed by atoms with Gasteiger partial charge in [-0.1, -0.05) is 30.3 Å². The lowest BCUT2D eigenvalue weighted by Gasteiger charge is -2.37. The number of hydrogen-bond donors (Lipinski definition) is 3. The lowest BCUT2D eigenvalue weighted by Crippen LogP contribution is -2.57. The highest BCUT2D eigenvalue weighted by molar-refractivity contribution is 6.02. The predicted molar refractivity (Wildman–Crippen MR) is 145 cm³/mol. The zero-order chi connectivity index (χ0) is 27.9. The molecular weight excluding hydrogens is 498 g/mol. The number of nitrogens with zero attached hydrogens (tertiary/aromatic N) is 1. The topological polar surface area (TPSA) is 117 Å². The van der Waals surface area contributed by atoms with Gasteiger partial charge < -0.3 is 30.1 Å². The van der Waals surface area contributed by atoms with Crippen LogP contribution in [-0.2, 0) is 19.1 Å². The molecule has 0 saturated carbocycles. The molecule has 3 amide bonds. The van der Waals surface area contributed by atoms with E-state index in [1.54, 1.807) is 24.3 Å². The Bertz CT molecular complexity index is 1240. The molecule has 0 aromatic heterocycles. The Kier molecular flexibility index (Phi) is 7.15. The molecule has 208 valence electrons. The number of carbonyl (C=O) groups is 3. The van der Waals surface area contributed by atoms with Gasteiger partial charge >= 0.3 is 0 Å². The fourth-order valence-electron chi connectivity index (χ4n) is 6.81. The second kappa shape index (κ2) is 10.3. The van der Waals surface area contributed by atoms with Crippen molar-refractivity contribution in [3.63, 3.8) is 0 Å². The van der Waals surface area contributed by atoms with Gasteiger partial charge in [-0.15, -0.1) is 0 Å². The number of ether oxygens (including phenoxy) is 2. The summed E-state index contributed by atoms with van der Waals surface area (Å²) in [4.78, 5) is 43.4. The van der Waals surface area contributed by atoms with Crippen molar-refractivity contribution < 1.29 is 29.0 Å². The standard InChI is InChI=1S/C30H37N3O6/c1-5-38-21-13-11-20(12-14-21)32-26(35)23-24-28(37)33(22(17-34)19-9-7-6-8-10-19)25(27(36)31-18(2)3)30(24)16-15-29(23,4)39-30/h6-14,18,22-25,34H,5,15-17H2,1-4H3,(H,31,36)(H,32,35)/t22-,23+,24+,25?,29-,30?/m1/s1. The molecule has 39 heavy (non-hydrogen) atoms. The van der Waals surface area contributed by atoms with Crippen LogP contribution in [0.4, 0.5) is 5.69 Å². The van der Waals surface area contributed by atoms with E-state index in [2.05, 4.69) is 10.6 Å². The van der Waals surface area contributed by atoms with E-state index in [4.69, 9.17) is 9.47 Å². The van der Waals surface area contributed by atoms with Crippen LogP contribution < -0.4 is 15.4 Å². The fraction of sp³-hybridized carbons (Fsp3) is 0.500. The van der Waals surface area contributed by atoms with Gasteiger partial charge in [0.2, 0.25) is 17.7 Å². The fourth-order valence-corrected chi connectivity index (χ4v) is 6.81. The number of likely N-dealkylation sites (tertiary alicyclic amines) is 1. The Hall–Kier alpha value is -3.43. The number of nitrogens with one attached hydrogen (secondary N) is 2. The third kappa shape index (κ3) is 4.47. The minimum Gasteiger partial charge on any atom is -0.494 e. The minimum atomic E-state index is -1.17. The first kappa shape index (κ1) is 27.1. The van der Waals surface area contributed by atoms with Crippen molar-refractivity contribution in [2.45, 2.75) is 69.9 Å². The Morgan fingerprint density at radius 3 is 2.41 bits per heavy atom. The van der Waals surface area contributed by atoms with Crippen molar-refractivity contribution in [2.24, 2.45) is 11.8 Å². The molecular formula is C30H37N3O6. The van der Waals surface area contributed by atoms with Crippen molar-refractivity contribution in [2.75, 3.05) is 18.5 Å². The lowest BCUT2D eigenvalue weighted by molar-refractivity contribution is -0.149. The summed E-state index contributed by atoms with van der Waals surface area (Å²) in [5.74, 6) is -1.99. The molecule has 3 aliphatic heterocycles. The molecule has 5 rings (SSSR count). The smallest absolute Gasteiger partial charge is 0.246 e. The van der Waals surface area contributed by atoms with Gasteiger partial charge in [0.1, 0.15) is 17.4 Å². The van der Waals surface area contributed by atoms with Gasteiger partial charge in [-0.05, 0) is 70.4 Å². The van der Waals surface area contributed by atoms with Gasteiger partial charge in [0.25, 0.3) is 0 Å². The first-order chi connectivity index (χ1) is 18.6. The molecule has 1 spiro atoms. The van der Waals surface area contributed by atoms with Crippen LogP contribution in [0.2, 0.25) is 0 Å². The van der Waals surface area contributed by atoms with Gasteiger partial charge in [0.05, 0.1) is 36.7 Å². The normalized spacial score (nSPS) is 29.8. The van der Waals surface area contributed by atoms with Gasteiger partial charge in [-0.3, -0.25) is 14.4 Å². The van der Waals surface area contributed by atoms with Gasteiger partial charge in [0.15, 0.2) is 0 Å². The van der Waals surface area contributed by atoms with Crippen LogP contribution in [0.25, 0.3) is 0 Å². The molecule has 2 aromatic carbocycles. The van der Waals surface area contributed by atoms with Gasteiger partial charge in [-0.2, -0.15) is 0 Å². The van der Waals surface area contributed by atoms with Crippen LogP contribution in [0.1, 0.15) is 52.1 Å². The summed E-state index contributed by atoms with van der Waals surface area (Å²) in [6.07, 6.45) is 0.999. The molecule has 3 N–H and O–H groups in total. The highest BCUT2D eigenvalue weighted by Crippen LogP contribution is 2.64. The third-order valence-electron chi connectivity index (χ3n) is 8.30. The van der Waals surface area contributed by atoms with Crippen LogP contribution in [0.3, 0.4) is 0 Å². The first-order valence-electron chi connectivity index (χ1n) is 13.7. The number of benzene rings is 2. The van der Waals surface area contributed by atoms with E-state index in [1.165, 1.54) is 4.90 Å². The average Bonchev–Trinajstić information content (AvgIpc) is 3.47. The summed E-state index contributed by atoms with van der Waals surface area (Å²) in [7, 11) is 0. The molecule has 3 saturated heterocycles. The molecule has 0 aliphatic carbocycles. The quantitative estimate of drug-likeness (QED) is 0.455. The molecule has 3 aliphatic rings. The van der Waals surface area contributed by atoms with E-state index in [-0.39, 0.29) is 30.4 Å². The number of fused-ring (bicyclic) bond motifs is 1. The summed E-state index contributed by atoms with van der Waals surface area (Å²) >= 11 is 0.